The minimum Gasteiger partial charge on any atom is -0.393 e. The van der Waals surface area contributed by atoms with Gasteiger partial charge in [0.25, 0.3) is 0 Å². The second-order valence-electron chi connectivity index (χ2n) is 4.05. The molecule has 0 rings (SSSR count). The molecule has 0 aliphatic heterocycles. The minimum atomic E-state index is -1.46. The second kappa shape index (κ2) is 8.14. The molecule has 0 heterocycles. The SMILES string of the molecule is C#C/C(=C\C#C[Si](CC)(CC)CC)[C@H](O)CO. The van der Waals surface area contributed by atoms with Crippen LogP contribution in [-0.4, -0.2) is 31.0 Å². The average molecular weight is 250 g/mol. The van der Waals surface area contributed by atoms with Crippen LogP contribution in [0.4, 0.5) is 0 Å². The fourth-order valence-corrected chi connectivity index (χ4v) is 4.02. The fourth-order valence-electron chi connectivity index (χ4n) is 1.61. The molecule has 0 aromatic rings. The van der Waals surface area contributed by atoms with Crippen molar-refractivity contribution in [1.29, 1.82) is 0 Å². The van der Waals surface area contributed by atoms with Gasteiger partial charge in [-0.1, -0.05) is 32.6 Å². The van der Waals surface area contributed by atoms with E-state index in [0.29, 0.717) is 5.57 Å². The molecule has 17 heavy (non-hydrogen) atoms. The van der Waals surface area contributed by atoms with Crippen LogP contribution in [0.5, 0.6) is 0 Å². The Labute approximate surface area is 106 Å². The van der Waals surface area contributed by atoms with Gasteiger partial charge in [0.15, 0.2) is 0 Å². The maximum atomic E-state index is 9.40. The van der Waals surface area contributed by atoms with E-state index in [2.05, 4.69) is 38.2 Å². The third-order valence-corrected chi connectivity index (χ3v) is 8.03. The molecule has 0 fully saturated rings. The van der Waals surface area contributed by atoms with Crippen LogP contribution in [0.25, 0.3) is 0 Å². The third kappa shape index (κ3) is 4.79. The molecule has 0 saturated heterocycles. The van der Waals surface area contributed by atoms with E-state index in [0.717, 1.165) is 18.1 Å². The maximum Gasteiger partial charge on any atom is 0.138 e. The molecule has 1 atom stereocenters. The van der Waals surface area contributed by atoms with Gasteiger partial charge in [0.1, 0.15) is 14.2 Å². The van der Waals surface area contributed by atoms with Crippen LogP contribution in [-0.2, 0) is 0 Å². The molecule has 0 aliphatic rings. The average Bonchev–Trinajstić information content (AvgIpc) is 2.39. The summed E-state index contributed by atoms with van der Waals surface area (Å²) in [6, 6.07) is 3.40. The summed E-state index contributed by atoms with van der Waals surface area (Å²) in [6.07, 6.45) is 5.82. The Bertz CT molecular complexity index is 342. The molecule has 0 unspecified atom stereocenters. The summed E-state index contributed by atoms with van der Waals surface area (Å²) < 4.78 is 0. The van der Waals surface area contributed by atoms with Crippen molar-refractivity contribution < 1.29 is 10.2 Å². The lowest BCUT2D eigenvalue weighted by Crippen LogP contribution is -2.29. The Morgan fingerprint density at radius 2 is 1.82 bits per heavy atom. The third-order valence-electron chi connectivity index (χ3n) is 3.29. The van der Waals surface area contributed by atoms with Crippen molar-refractivity contribution in [3.8, 4) is 23.8 Å². The van der Waals surface area contributed by atoms with E-state index >= 15 is 0 Å². The van der Waals surface area contributed by atoms with E-state index < -0.39 is 14.2 Å². The normalized spacial score (nSPS) is 13.5. The first kappa shape index (κ1) is 16.0. The van der Waals surface area contributed by atoms with Crippen LogP contribution in [0.1, 0.15) is 20.8 Å². The van der Waals surface area contributed by atoms with Crippen LogP contribution < -0.4 is 0 Å². The summed E-state index contributed by atoms with van der Waals surface area (Å²) in [5.41, 5.74) is 3.70. The first-order valence-corrected chi connectivity index (χ1v) is 8.69. The lowest BCUT2D eigenvalue weighted by atomic mass is 10.1. The van der Waals surface area contributed by atoms with Crippen LogP contribution in [0.3, 0.4) is 0 Å². The van der Waals surface area contributed by atoms with Crippen LogP contribution in [0, 0.1) is 23.8 Å². The number of aliphatic hydroxyl groups excluding tert-OH is 2. The molecular formula is C14H22O2Si. The number of aliphatic hydroxyl groups is 2. The fraction of sp³-hybridized carbons (Fsp3) is 0.571. The second-order valence-corrected chi connectivity index (χ2v) is 8.98. The number of allylic oxidation sites excluding steroid dienone is 1. The largest absolute Gasteiger partial charge is 0.393 e. The van der Waals surface area contributed by atoms with Crippen molar-refractivity contribution in [1.82, 2.24) is 0 Å². The molecule has 0 aromatic heterocycles. The molecule has 2 nitrogen and oxygen atoms in total. The summed E-state index contributed by atoms with van der Waals surface area (Å²) in [5.74, 6) is 5.34. The van der Waals surface area contributed by atoms with Gasteiger partial charge in [-0.05, 0) is 18.1 Å². The quantitative estimate of drug-likeness (QED) is 0.578. The molecule has 2 N–H and O–H groups in total. The highest BCUT2D eigenvalue weighted by Crippen LogP contribution is 2.18. The van der Waals surface area contributed by atoms with Gasteiger partial charge in [-0.2, -0.15) is 0 Å². The van der Waals surface area contributed by atoms with Crippen molar-refractivity contribution in [2.24, 2.45) is 0 Å². The first-order valence-electron chi connectivity index (χ1n) is 6.07. The zero-order valence-corrected chi connectivity index (χ0v) is 12.0. The summed E-state index contributed by atoms with van der Waals surface area (Å²) in [7, 11) is -1.46. The van der Waals surface area contributed by atoms with E-state index in [4.69, 9.17) is 11.5 Å². The van der Waals surface area contributed by atoms with Crippen LogP contribution in [0.15, 0.2) is 11.6 Å². The van der Waals surface area contributed by atoms with E-state index in [1.54, 1.807) is 6.08 Å². The molecule has 0 aliphatic carbocycles. The molecule has 0 saturated carbocycles. The number of terminal acetylenes is 1. The predicted molar refractivity (Wildman–Crippen MR) is 75.0 cm³/mol. The Kier molecular flexibility index (Phi) is 7.66. The molecule has 0 radical (unpaired) electrons. The standard InChI is InChI=1S/C14H22O2Si/c1-5-13(14(16)12-15)10-9-11-17(6-2,7-3)8-4/h1,10,14-16H,6-8,12H2,2-4H3/b13-10+/t14-/m1/s1. The zero-order valence-electron chi connectivity index (χ0n) is 11.0. The van der Waals surface area contributed by atoms with Gasteiger partial charge in [-0.15, -0.1) is 12.0 Å². The molecule has 3 heteroatoms. The van der Waals surface area contributed by atoms with Crippen molar-refractivity contribution >= 4 is 8.07 Å². The monoisotopic (exact) mass is 250 g/mol. The van der Waals surface area contributed by atoms with Crippen LogP contribution >= 0.6 is 0 Å². The Morgan fingerprint density at radius 3 is 2.18 bits per heavy atom. The Morgan fingerprint density at radius 1 is 1.29 bits per heavy atom. The highest BCUT2D eigenvalue weighted by atomic mass is 28.3. The van der Waals surface area contributed by atoms with Crippen molar-refractivity contribution in [2.45, 2.75) is 45.0 Å². The highest BCUT2D eigenvalue weighted by molar-refractivity contribution is 6.87. The molecular weight excluding hydrogens is 228 g/mol. The maximum absolute atomic E-state index is 9.40. The van der Waals surface area contributed by atoms with E-state index in [1.807, 2.05) is 0 Å². The van der Waals surface area contributed by atoms with Crippen molar-refractivity contribution in [2.75, 3.05) is 6.61 Å². The van der Waals surface area contributed by atoms with Gasteiger partial charge in [-0.25, -0.2) is 0 Å². The lowest BCUT2D eigenvalue weighted by Gasteiger charge is -2.19. The number of rotatable bonds is 5. The smallest absolute Gasteiger partial charge is 0.138 e. The summed E-state index contributed by atoms with van der Waals surface area (Å²) in [4.78, 5) is 0. The van der Waals surface area contributed by atoms with E-state index in [9.17, 15) is 5.11 Å². The molecule has 94 valence electrons. The Hall–Kier alpha value is -1.00. The predicted octanol–water partition coefficient (Wildman–Crippen LogP) is 1.95. The Balaban J connectivity index is 4.96. The number of hydrogen-bond acceptors (Lipinski definition) is 2. The van der Waals surface area contributed by atoms with E-state index in [-0.39, 0.29) is 6.61 Å². The van der Waals surface area contributed by atoms with Gasteiger partial charge in [0.05, 0.1) is 6.61 Å². The van der Waals surface area contributed by atoms with Crippen molar-refractivity contribution in [3.63, 3.8) is 0 Å². The van der Waals surface area contributed by atoms with Gasteiger partial charge < -0.3 is 10.2 Å². The highest BCUT2D eigenvalue weighted by Gasteiger charge is 2.23. The van der Waals surface area contributed by atoms with Gasteiger partial charge in [-0.3, -0.25) is 0 Å². The minimum absolute atomic E-state index is 0.353. The topological polar surface area (TPSA) is 40.5 Å². The summed E-state index contributed by atoms with van der Waals surface area (Å²) >= 11 is 0. The van der Waals surface area contributed by atoms with Gasteiger partial charge in [0, 0.05) is 11.6 Å². The molecule has 0 spiro atoms. The first-order chi connectivity index (χ1) is 8.09. The molecule has 0 aromatic carbocycles. The molecule has 0 amide bonds. The molecule has 0 bridgehead atoms. The summed E-state index contributed by atoms with van der Waals surface area (Å²) in [6.45, 7) is 6.18. The van der Waals surface area contributed by atoms with Gasteiger partial charge >= 0.3 is 0 Å². The lowest BCUT2D eigenvalue weighted by molar-refractivity contribution is 0.126. The van der Waals surface area contributed by atoms with Crippen molar-refractivity contribution in [3.05, 3.63) is 11.6 Å². The number of hydrogen-bond donors (Lipinski definition) is 2. The van der Waals surface area contributed by atoms with Crippen LogP contribution in [0.2, 0.25) is 18.1 Å². The summed E-state index contributed by atoms with van der Waals surface area (Å²) in [5, 5.41) is 18.2. The zero-order chi connectivity index (χ0) is 13.3. The van der Waals surface area contributed by atoms with Gasteiger partial charge in [0.2, 0.25) is 0 Å². The van der Waals surface area contributed by atoms with E-state index in [1.165, 1.54) is 0 Å².